The van der Waals surface area contributed by atoms with Crippen LogP contribution < -0.4 is 5.32 Å². The van der Waals surface area contributed by atoms with Crippen molar-refractivity contribution in [1.29, 1.82) is 0 Å². The van der Waals surface area contributed by atoms with Crippen LogP contribution in [0.25, 0.3) is 0 Å². The maximum Gasteiger partial charge on any atom is 0.271 e. The Kier molecular flexibility index (Phi) is 4.24. The Balaban J connectivity index is 1.43. The first kappa shape index (κ1) is 13.7. The van der Waals surface area contributed by atoms with E-state index in [2.05, 4.69) is 27.6 Å². The van der Waals surface area contributed by atoms with Crippen molar-refractivity contribution in [1.82, 2.24) is 15.5 Å². The molecular weight excluding hydrogens is 262 g/mol. The van der Waals surface area contributed by atoms with Crippen LogP contribution in [0.5, 0.6) is 0 Å². The Hall–Kier alpha value is -2.23. The molecule has 108 valence electrons. The molecule has 4 heteroatoms. The van der Waals surface area contributed by atoms with E-state index < -0.39 is 0 Å². The van der Waals surface area contributed by atoms with Gasteiger partial charge in [0.1, 0.15) is 0 Å². The SMILES string of the molecule is O=C(NCCCc1ccccc1)c1ccc(C2CC2)nn1. The molecule has 1 aliphatic rings. The molecule has 0 atom stereocenters. The van der Waals surface area contributed by atoms with Gasteiger partial charge in [-0.1, -0.05) is 30.3 Å². The highest BCUT2D eigenvalue weighted by Crippen LogP contribution is 2.38. The number of hydrogen-bond donors (Lipinski definition) is 1. The van der Waals surface area contributed by atoms with Gasteiger partial charge in [0.05, 0.1) is 5.69 Å². The van der Waals surface area contributed by atoms with Crippen LogP contribution >= 0.6 is 0 Å². The van der Waals surface area contributed by atoms with Crippen LogP contribution in [0.1, 0.15) is 46.9 Å². The van der Waals surface area contributed by atoms with E-state index in [9.17, 15) is 4.79 Å². The monoisotopic (exact) mass is 281 g/mol. The molecule has 1 aromatic heterocycles. The van der Waals surface area contributed by atoms with Gasteiger partial charge in [0.2, 0.25) is 0 Å². The van der Waals surface area contributed by atoms with Crippen molar-refractivity contribution in [2.24, 2.45) is 0 Å². The molecule has 1 N–H and O–H groups in total. The Bertz CT molecular complexity index is 591. The predicted molar refractivity (Wildman–Crippen MR) is 81.1 cm³/mol. The van der Waals surface area contributed by atoms with Crippen LogP contribution in [0.4, 0.5) is 0 Å². The summed E-state index contributed by atoms with van der Waals surface area (Å²) in [4.78, 5) is 11.9. The average molecular weight is 281 g/mol. The first-order valence-electron chi connectivity index (χ1n) is 7.48. The van der Waals surface area contributed by atoms with Crippen molar-refractivity contribution in [3.63, 3.8) is 0 Å². The second-order valence-corrected chi connectivity index (χ2v) is 5.46. The molecule has 1 fully saturated rings. The summed E-state index contributed by atoms with van der Waals surface area (Å²) in [5, 5.41) is 11.0. The summed E-state index contributed by atoms with van der Waals surface area (Å²) in [6.07, 6.45) is 4.27. The van der Waals surface area contributed by atoms with Crippen LogP contribution in [0.15, 0.2) is 42.5 Å². The zero-order valence-corrected chi connectivity index (χ0v) is 12.0. The number of carbonyl (C=O) groups excluding carboxylic acids is 1. The molecule has 3 rings (SSSR count). The van der Waals surface area contributed by atoms with Gasteiger partial charge in [-0.15, -0.1) is 5.10 Å². The standard InChI is InChI=1S/C17H19N3O/c21-17(16-11-10-15(19-20-16)14-8-9-14)18-12-4-7-13-5-2-1-3-6-13/h1-3,5-6,10-11,14H,4,7-9,12H2,(H,18,21). The summed E-state index contributed by atoms with van der Waals surface area (Å²) in [6.45, 7) is 0.653. The van der Waals surface area contributed by atoms with Gasteiger partial charge in [0.25, 0.3) is 5.91 Å². The van der Waals surface area contributed by atoms with E-state index in [-0.39, 0.29) is 5.91 Å². The minimum absolute atomic E-state index is 0.141. The highest BCUT2D eigenvalue weighted by atomic mass is 16.1. The van der Waals surface area contributed by atoms with E-state index in [0.717, 1.165) is 18.5 Å². The summed E-state index contributed by atoms with van der Waals surface area (Å²) in [5.41, 5.74) is 2.70. The van der Waals surface area contributed by atoms with Crippen molar-refractivity contribution < 1.29 is 4.79 Å². The molecule has 0 unspecified atom stereocenters. The zero-order chi connectivity index (χ0) is 14.5. The van der Waals surface area contributed by atoms with Gasteiger partial charge in [0, 0.05) is 12.5 Å². The molecule has 0 spiro atoms. The lowest BCUT2D eigenvalue weighted by Gasteiger charge is -2.05. The number of hydrogen-bond acceptors (Lipinski definition) is 3. The third-order valence-corrected chi connectivity index (χ3v) is 3.68. The second kappa shape index (κ2) is 6.48. The number of nitrogens with zero attached hydrogens (tertiary/aromatic N) is 2. The molecule has 1 saturated carbocycles. The Morgan fingerprint density at radius 1 is 1.10 bits per heavy atom. The third-order valence-electron chi connectivity index (χ3n) is 3.68. The topological polar surface area (TPSA) is 54.9 Å². The molecular formula is C17H19N3O. The number of carbonyl (C=O) groups is 1. The van der Waals surface area contributed by atoms with Crippen molar-refractivity contribution in [2.75, 3.05) is 6.54 Å². The number of benzene rings is 1. The summed E-state index contributed by atoms with van der Waals surface area (Å²) in [5.74, 6) is 0.429. The fourth-order valence-corrected chi connectivity index (χ4v) is 2.29. The van der Waals surface area contributed by atoms with Crippen LogP contribution in [0, 0.1) is 0 Å². The van der Waals surface area contributed by atoms with Crippen LogP contribution in [0.3, 0.4) is 0 Å². The van der Waals surface area contributed by atoms with Gasteiger partial charge in [-0.2, -0.15) is 5.10 Å². The fourth-order valence-electron chi connectivity index (χ4n) is 2.29. The minimum Gasteiger partial charge on any atom is -0.351 e. The average Bonchev–Trinajstić information content (AvgIpc) is 3.37. The van der Waals surface area contributed by atoms with E-state index in [0.29, 0.717) is 18.2 Å². The van der Waals surface area contributed by atoms with Gasteiger partial charge in [-0.3, -0.25) is 4.79 Å². The van der Waals surface area contributed by atoms with Crippen molar-refractivity contribution in [2.45, 2.75) is 31.6 Å². The molecule has 21 heavy (non-hydrogen) atoms. The quantitative estimate of drug-likeness (QED) is 0.828. The molecule has 1 amide bonds. The molecule has 1 aliphatic carbocycles. The van der Waals surface area contributed by atoms with Gasteiger partial charge in [-0.05, 0) is 43.4 Å². The largest absolute Gasteiger partial charge is 0.351 e. The summed E-state index contributed by atoms with van der Waals surface area (Å²) >= 11 is 0. The normalized spacial score (nSPS) is 13.9. The van der Waals surface area contributed by atoms with Gasteiger partial charge < -0.3 is 5.32 Å². The van der Waals surface area contributed by atoms with E-state index in [1.807, 2.05) is 24.3 Å². The van der Waals surface area contributed by atoms with Crippen molar-refractivity contribution >= 4 is 5.91 Å². The van der Waals surface area contributed by atoms with Gasteiger partial charge in [-0.25, -0.2) is 0 Å². The molecule has 0 bridgehead atoms. The van der Waals surface area contributed by atoms with E-state index in [1.165, 1.54) is 18.4 Å². The predicted octanol–water partition coefficient (Wildman–Crippen LogP) is 2.72. The molecule has 0 aliphatic heterocycles. The minimum atomic E-state index is -0.141. The number of nitrogens with one attached hydrogen (secondary N) is 1. The first-order valence-corrected chi connectivity index (χ1v) is 7.48. The lowest BCUT2D eigenvalue weighted by atomic mass is 10.1. The number of rotatable bonds is 6. The first-order chi connectivity index (χ1) is 10.3. The Labute approximate surface area is 124 Å². The van der Waals surface area contributed by atoms with E-state index >= 15 is 0 Å². The van der Waals surface area contributed by atoms with Crippen LogP contribution in [-0.2, 0) is 6.42 Å². The Morgan fingerprint density at radius 2 is 1.90 bits per heavy atom. The second-order valence-electron chi connectivity index (χ2n) is 5.46. The Morgan fingerprint density at radius 3 is 2.57 bits per heavy atom. The molecule has 0 radical (unpaired) electrons. The molecule has 1 heterocycles. The van der Waals surface area contributed by atoms with Crippen molar-refractivity contribution in [3.05, 3.63) is 59.4 Å². The zero-order valence-electron chi connectivity index (χ0n) is 12.0. The number of aryl methyl sites for hydroxylation is 1. The maximum absolute atomic E-state index is 11.9. The summed E-state index contributed by atoms with van der Waals surface area (Å²) in [6, 6.07) is 14.0. The van der Waals surface area contributed by atoms with Crippen molar-refractivity contribution in [3.8, 4) is 0 Å². The van der Waals surface area contributed by atoms with Gasteiger partial charge >= 0.3 is 0 Å². The number of aromatic nitrogens is 2. The van der Waals surface area contributed by atoms with Gasteiger partial charge in [0.15, 0.2) is 5.69 Å². The highest BCUT2D eigenvalue weighted by Gasteiger charge is 2.25. The maximum atomic E-state index is 11.9. The third kappa shape index (κ3) is 3.88. The molecule has 2 aromatic rings. The fraction of sp³-hybridized carbons (Fsp3) is 0.353. The molecule has 1 aromatic carbocycles. The lowest BCUT2D eigenvalue weighted by Crippen LogP contribution is -2.26. The summed E-state index contributed by atoms with van der Waals surface area (Å²) < 4.78 is 0. The smallest absolute Gasteiger partial charge is 0.271 e. The molecule has 0 saturated heterocycles. The highest BCUT2D eigenvalue weighted by molar-refractivity contribution is 5.91. The lowest BCUT2D eigenvalue weighted by molar-refractivity contribution is 0.0947. The summed E-state index contributed by atoms with van der Waals surface area (Å²) in [7, 11) is 0. The van der Waals surface area contributed by atoms with Crippen LogP contribution in [-0.4, -0.2) is 22.6 Å². The van der Waals surface area contributed by atoms with Crippen LogP contribution in [0.2, 0.25) is 0 Å². The number of amides is 1. The van der Waals surface area contributed by atoms with E-state index in [1.54, 1.807) is 6.07 Å². The molecule has 4 nitrogen and oxygen atoms in total. The van der Waals surface area contributed by atoms with E-state index in [4.69, 9.17) is 0 Å².